The van der Waals surface area contributed by atoms with Crippen LogP contribution >= 0.6 is 0 Å². The van der Waals surface area contributed by atoms with Crippen molar-refractivity contribution in [1.29, 1.82) is 0 Å². The Morgan fingerprint density at radius 2 is 2.25 bits per heavy atom. The smallest absolute Gasteiger partial charge is 0.0664 e. The number of hydrogen-bond acceptors (Lipinski definition) is 1. The molecule has 1 aliphatic carbocycles. The predicted molar refractivity (Wildman–Crippen MR) is 51.1 cm³/mol. The third-order valence-corrected chi connectivity index (χ3v) is 2.35. The van der Waals surface area contributed by atoms with Gasteiger partial charge >= 0.3 is 0 Å². The Labute approximate surface area is 73.1 Å². The van der Waals surface area contributed by atoms with Crippen molar-refractivity contribution in [1.82, 2.24) is 4.98 Å². The van der Waals surface area contributed by atoms with Crippen LogP contribution in [0, 0.1) is 0 Å². The van der Waals surface area contributed by atoms with Gasteiger partial charge in [-0.1, -0.05) is 19.9 Å². The van der Waals surface area contributed by atoms with Gasteiger partial charge in [0.25, 0.3) is 0 Å². The third-order valence-electron chi connectivity index (χ3n) is 2.35. The molecule has 1 aliphatic rings. The Bertz CT molecular complexity index is 324. The van der Waals surface area contributed by atoms with Crippen LogP contribution in [0.2, 0.25) is 0 Å². The summed E-state index contributed by atoms with van der Waals surface area (Å²) >= 11 is 0. The van der Waals surface area contributed by atoms with E-state index in [1.807, 2.05) is 6.20 Å². The quantitative estimate of drug-likeness (QED) is 0.614. The molecular weight excluding hydrogens is 146 g/mol. The lowest BCUT2D eigenvalue weighted by molar-refractivity contribution is 0.846. The summed E-state index contributed by atoms with van der Waals surface area (Å²) in [6.45, 7) is 4.46. The van der Waals surface area contributed by atoms with E-state index in [9.17, 15) is 0 Å². The second-order valence-corrected chi connectivity index (χ2v) is 3.53. The summed E-state index contributed by atoms with van der Waals surface area (Å²) in [6, 6.07) is 2.14. The van der Waals surface area contributed by atoms with Crippen molar-refractivity contribution < 1.29 is 0 Å². The molecule has 12 heavy (non-hydrogen) atoms. The van der Waals surface area contributed by atoms with Gasteiger partial charge in [0.1, 0.15) is 0 Å². The van der Waals surface area contributed by atoms with E-state index < -0.39 is 0 Å². The highest BCUT2D eigenvalue weighted by molar-refractivity contribution is 5.58. The fourth-order valence-electron chi connectivity index (χ4n) is 1.72. The van der Waals surface area contributed by atoms with Gasteiger partial charge in [-0.25, -0.2) is 0 Å². The topological polar surface area (TPSA) is 12.9 Å². The standard InChI is InChI=1S/C11H13N/c1-8(2)9-6-7-12-11-5-3-4-10(9)11/h3,5-8H,4H2,1-2H3. The van der Waals surface area contributed by atoms with Gasteiger partial charge in [0.15, 0.2) is 0 Å². The van der Waals surface area contributed by atoms with E-state index in [2.05, 4.69) is 37.0 Å². The Hall–Kier alpha value is -1.11. The second-order valence-electron chi connectivity index (χ2n) is 3.53. The molecule has 1 aromatic rings. The molecule has 0 aliphatic heterocycles. The van der Waals surface area contributed by atoms with E-state index in [-0.39, 0.29) is 0 Å². The molecule has 1 nitrogen and oxygen atoms in total. The maximum Gasteiger partial charge on any atom is 0.0664 e. The van der Waals surface area contributed by atoms with Gasteiger partial charge in [0.2, 0.25) is 0 Å². The first kappa shape index (κ1) is 7.53. The summed E-state index contributed by atoms with van der Waals surface area (Å²) in [4.78, 5) is 4.32. The van der Waals surface area contributed by atoms with Crippen LogP contribution in [0.5, 0.6) is 0 Å². The molecule has 0 saturated carbocycles. The molecule has 0 atom stereocenters. The average molecular weight is 159 g/mol. The van der Waals surface area contributed by atoms with Gasteiger partial charge in [0, 0.05) is 6.20 Å². The lowest BCUT2D eigenvalue weighted by Gasteiger charge is -2.10. The average Bonchev–Trinajstić information content (AvgIpc) is 2.49. The minimum Gasteiger partial charge on any atom is -0.257 e. The molecule has 0 fully saturated rings. The van der Waals surface area contributed by atoms with Crippen LogP contribution in [0.1, 0.15) is 36.6 Å². The first-order chi connectivity index (χ1) is 5.79. The maximum atomic E-state index is 4.32. The number of fused-ring (bicyclic) bond motifs is 1. The molecule has 1 heteroatoms. The van der Waals surface area contributed by atoms with Crippen molar-refractivity contribution in [2.24, 2.45) is 0 Å². The minimum absolute atomic E-state index is 0.613. The van der Waals surface area contributed by atoms with E-state index >= 15 is 0 Å². The summed E-state index contributed by atoms with van der Waals surface area (Å²) in [5.74, 6) is 0.613. The number of hydrogen-bond donors (Lipinski definition) is 0. The number of aromatic nitrogens is 1. The van der Waals surface area contributed by atoms with E-state index in [1.165, 1.54) is 16.8 Å². The predicted octanol–water partition coefficient (Wildman–Crippen LogP) is 2.77. The van der Waals surface area contributed by atoms with Gasteiger partial charge in [-0.05, 0) is 35.6 Å². The molecule has 0 unspecified atom stereocenters. The zero-order chi connectivity index (χ0) is 8.55. The molecule has 1 heterocycles. The number of pyridine rings is 1. The zero-order valence-corrected chi connectivity index (χ0v) is 7.54. The van der Waals surface area contributed by atoms with E-state index in [1.54, 1.807) is 0 Å². The van der Waals surface area contributed by atoms with E-state index in [0.717, 1.165) is 6.42 Å². The van der Waals surface area contributed by atoms with Crippen molar-refractivity contribution in [3.63, 3.8) is 0 Å². The number of rotatable bonds is 1. The second kappa shape index (κ2) is 2.74. The molecule has 2 rings (SSSR count). The third kappa shape index (κ3) is 1.06. The summed E-state index contributed by atoms with van der Waals surface area (Å²) < 4.78 is 0. The SMILES string of the molecule is CC(C)c1ccnc2c1CC=C2. The van der Waals surface area contributed by atoms with Crippen LogP contribution in [0.25, 0.3) is 6.08 Å². The summed E-state index contributed by atoms with van der Waals surface area (Å²) in [5, 5.41) is 0. The van der Waals surface area contributed by atoms with Crippen molar-refractivity contribution in [2.45, 2.75) is 26.2 Å². The van der Waals surface area contributed by atoms with Crippen molar-refractivity contribution in [3.8, 4) is 0 Å². The first-order valence-corrected chi connectivity index (χ1v) is 4.43. The van der Waals surface area contributed by atoms with Crippen molar-refractivity contribution in [2.75, 3.05) is 0 Å². The Morgan fingerprint density at radius 1 is 1.42 bits per heavy atom. The molecule has 0 bridgehead atoms. The number of nitrogens with zero attached hydrogens (tertiary/aromatic N) is 1. The van der Waals surface area contributed by atoms with Crippen LogP contribution in [0.3, 0.4) is 0 Å². The highest BCUT2D eigenvalue weighted by Crippen LogP contribution is 2.26. The molecule has 0 N–H and O–H groups in total. The molecular formula is C11H13N. The Morgan fingerprint density at radius 3 is 3.00 bits per heavy atom. The summed E-state index contributed by atoms with van der Waals surface area (Å²) in [6.07, 6.45) is 7.27. The first-order valence-electron chi connectivity index (χ1n) is 4.43. The molecule has 62 valence electrons. The summed E-state index contributed by atoms with van der Waals surface area (Å²) in [5.41, 5.74) is 4.04. The van der Waals surface area contributed by atoms with E-state index in [4.69, 9.17) is 0 Å². The molecule has 0 aromatic carbocycles. The molecule has 0 saturated heterocycles. The fourth-order valence-corrected chi connectivity index (χ4v) is 1.72. The van der Waals surface area contributed by atoms with Crippen LogP contribution < -0.4 is 0 Å². The van der Waals surface area contributed by atoms with Crippen LogP contribution in [0.4, 0.5) is 0 Å². The lowest BCUT2D eigenvalue weighted by Crippen LogP contribution is -1.96. The highest BCUT2D eigenvalue weighted by atomic mass is 14.7. The monoisotopic (exact) mass is 159 g/mol. The van der Waals surface area contributed by atoms with Crippen LogP contribution in [-0.4, -0.2) is 4.98 Å². The van der Waals surface area contributed by atoms with Crippen molar-refractivity contribution >= 4 is 6.08 Å². The molecule has 0 spiro atoms. The minimum atomic E-state index is 0.613. The van der Waals surface area contributed by atoms with Crippen LogP contribution in [0.15, 0.2) is 18.3 Å². The largest absolute Gasteiger partial charge is 0.257 e. The van der Waals surface area contributed by atoms with E-state index in [0.29, 0.717) is 5.92 Å². The van der Waals surface area contributed by atoms with Gasteiger partial charge in [0.05, 0.1) is 5.69 Å². The maximum absolute atomic E-state index is 4.32. The summed E-state index contributed by atoms with van der Waals surface area (Å²) in [7, 11) is 0. The normalized spacial score (nSPS) is 13.9. The zero-order valence-electron chi connectivity index (χ0n) is 7.54. The van der Waals surface area contributed by atoms with Gasteiger partial charge in [-0.2, -0.15) is 0 Å². The van der Waals surface area contributed by atoms with Gasteiger partial charge < -0.3 is 0 Å². The van der Waals surface area contributed by atoms with Crippen LogP contribution in [-0.2, 0) is 6.42 Å². The highest BCUT2D eigenvalue weighted by Gasteiger charge is 2.12. The van der Waals surface area contributed by atoms with Gasteiger partial charge in [-0.3, -0.25) is 4.98 Å². The molecule has 0 amide bonds. The van der Waals surface area contributed by atoms with Crippen molar-refractivity contribution in [3.05, 3.63) is 35.2 Å². The number of allylic oxidation sites excluding steroid dienone is 1. The lowest BCUT2D eigenvalue weighted by atomic mass is 9.97. The van der Waals surface area contributed by atoms with Gasteiger partial charge in [-0.15, -0.1) is 0 Å². The Kier molecular flexibility index (Phi) is 1.72. The molecule has 0 radical (unpaired) electrons. The Balaban J connectivity index is 2.53. The molecule has 1 aromatic heterocycles. The fraction of sp³-hybridized carbons (Fsp3) is 0.364.